The Hall–Kier alpha value is -2.82. The summed E-state index contributed by atoms with van der Waals surface area (Å²) in [5.41, 5.74) is 2.34. The first-order valence-electron chi connectivity index (χ1n) is 10.4. The zero-order chi connectivity index (χ0) is 20.4. The number of aryl methyl sites for hydroxylation is 1. The Morgan fingerprint density at radius 1 is 1.03 bits per heavy atom. The fraction of sp³-hybridized carbons (Fsp3) is 0.417. The predicted molar refractivity (Wildman–Crippen MR) is 113 cm³/mol. The minimum Gasteiger partial charge on any atom is -0.496 e. The van der Waals surface area contributed by atoms with Crippen LogP contribution in [-0.2, 0) is 4.79 Å². The molecule has 2 aromatic carbocycles. The third-order valence-electron chi connectivity index (χ3n) is 6.37. The van der Waals surface area contributed by atoms with Crippen molar-refractivity contribution in [3.8, 4) is 5.75 Å². The molecule has 2 fully saturated rings. The summed E-state index contributed by atoms with van der Waals surface area (Å²) in [5, 5.41) is 3.06. The highest BCUT2D eigenvalue weighted by Gasteiger charge is 2.48. The number of nitrogens with zero attached hydrogens (tertiary/aromatic N) is 1. The van der Waals surface area contributed by atoms with Crippen LogP contribution in [0.1, 0.15) is 48.0 Å². The number of amides is 2. The van der Waals surface area contributed by atoms with Gasteiger partial charge in [0.05, 0.1) is 12.7 Å². The summed E-state index contributed by atoms with van der Waals surface area (Å²) in [5.74, 6) is 0.726. The summed E-state index contributed by atoms with van der Waals surface area (Å²) in [7, 11) is 1.57. The largest absolute Gasteiger partial charge is 0.496 e. The molecular weight excluding hydrogens is 364 g/mol. The molecule has 5 heteroatoms. The Labute approximate surface area is 172 Å². The second-order valence-electron chi connectivity index (χ2n) is 8.08. The molecule has 152 valence electrons. The van der Waals surface area contributed by atoms with E-state index in [1.54, 1.807) is 19.2 Å². The van der Waals surface area contributed by atoms with Crippen LogP contribution >= 0.6 is 0 Å². The number of likely N-dealkylation sites (tertiary alicyclic amines) is 1. The highest BCUT2D eigenvalue weighted by Crippen LogP contribution is 2.41. The Morgan fingerprint density at radius 2 is 1.76 bits per heavy atom. The van der Waals surface area contributed by atoms with Crippen LogP contribution in [0.5, 0.6) is 5.75 Å². The van der Waals surface area contributed by atoms with Crippen LogP contribution < -0.4 is 10.1 Å². The first kappa shape index (κ1) is 19.5. The van der Waals surface area contributed by atoms with Gasteiger partial charge in [0.1, 0.15) is 11.8 Å². The molecule has 2 aliphatic rings. The number of benzene rings is 2. The van der Waals surface area contributed by atoms with Gasteiger partial charge in [-0.25, -0.2) is 0 Å². The zero-order valence-electron chi connectivity index (χ0n) is 17.1. The summed E-state index contributed by atoms with van der Waals surface area (Å²) in [6.45, 7) is 1.97. The standard InChI is InChI=1S/C24H28N2O3/c1-16-9-3-6-12-19(16)25-23(27)21-15-17-10-4-7-13-20(17)26(21)24(28)18-11-5-8-14-22(18)29-2/h3,5-6,8-9,11-12,14,17,20-21H,4,7,10,13,15H2,1-2H3,(H,25,27). The number of methoxy groups -OCH3 is 1. The first-order chi connectivity index (χ1) is 14.1. The van der Waals surface area contributed by atoms with Crippen molar-refractivity contribution in [2.75, 3.05) is 12.4 Å². The maximum atomic E-state index is 13.6. The van der Waals surface area contributed by atoms with Crippen molar-refractivity contribution in [3.05, 3.63) is 59.7 Å². The van der Waals surface area contributed by atoms with E-state index >= 15 is 0 Å². The molecule has 1 aliphatic carbocycles. The van der Waals surface area contributed by atoms with Gasteiger partial charge in [-0.05, 0) is 55.9 Å². The molecule has 1 aliphatic heterocycles. The van der Waals surface area contributed by atoms with Crippen molar-refractivity contribution in [2.45, 2.75) is 51.1 Å². The van der Waals surface area contributed by atoms with Gasteiger partial charge >= 0.3 is 0 Å². The van der Waals surface area contributed by atoms with Crippen LogP contribution in [0, 0.1) is 12.8 Å². The van der Waals surface area contributed by atoms with Crippen molar-refractivity contribution < 1.29 is 14.3 Å². The molecule has 29 heavy (non-hydrogen) atoms. The molecule has 3 unspecified atom stereocenters. The fourth-order valence-electron chi connectivity index (χ4n) is 4.88. The first-order valence-corrected chi connectivity index (χ1v) is 10.4. The Morgan fingerprint density at radius 3 is 2.55 bits per heavy atom. The minimum atomic E-state index is -0.458. The Balaban J connectivity index is 1.65. The normalized spacial score (nSPS) is 23.4. The molecule has 3 atom stereocenters. The number of carbonyl (C=O) groups excluding carboxylic acids is 2. The third kappa shape index (κ3) is 3.74. The van der Waals surface area contributed by atoms with Gasteiger partial charge < -0.3 is 15.0 Å². The number of hydrogen-bond donors (Lipinski definition) is 1. The minimum absolute atomic E-state index is 0.100. The summed E-state index contributed by atoms with van der Waals surface area (Å²) < 4.78 is 5.42. The SMILES string of the molecule is COc1ccccc1C(=O)N1C(C(=O)Nc2ccccc2C)CC2CCCCC21. The van der Waals surface area contributed by atoms with Gasteiger partial charge in [0.2, 0.25) is 5.91 Å². The number of ether oxygens (including phenoxy) is 1. The smallest absolute Gasteiger partial charge is 0.258 e. The van der Waals surface area contributed by atoms with Gasteiger partial charge in [0.15, 0.2) is 0 Å². The Kier molecular flexibility index (Phi) is 5.56. The average molecular weight is 392 g/mol. The summed E-state index contributed by atoms with van der Waals surface area (Å²) >= 11 is 0. The van der Waals surface area contributed by atoms with Gasteiger partial charge in [-0.1, -0.05) is 43.2 Å². The number of para-hydroxylation sites is 2. The molecular formula is C24H28N2O3. The van der Waals surface area contributed by atoms with Crippen LogP contribution in [0.15, 0.2) is 48.5 Å². The number of hydrogen-bond acceptors (Lipinski definition) is 3. The van der Waals surface area contributed by atoms with Crippen LogP contribution in [0.2, 0.25) is 0 Å². The van der Waals surface area contributed by atoms with Crippen LogP contribution in [0.3, 0.4) is 0 Å². The van der Waals surface area contributed by atoms with Crippen molar-refractivity contribution in [3.63, 3.8) is 0 Å². The monoisotopic (exact) mass is 392 g/mol. The van der Waals surface area contributed by atoms with Gasteiger partial charge in [-0.15, -0.1) is 0 Å². The molecule has 1 saturated carbocycles. The lowest BCUT2D eigenvalue weighted by Gasteiger charge is -2.34. The van der Waals surface area contributed by atoms with E-state index in [-0.39, 0.29) is 17.9 Å². The van der Waals surface area contributed by atoms with Crippen LogP contribution in [0.4, 0.5) is 5.69 Å². The number of anilines is 1. The lowest BCUT2D eigenvalue weighted by molar-refractivity contribution is -0.120. The molecule has 0 aromatic heterocycles. The summed E-state index contributed by atoms with van der Waals surface area (Å²) in [4.78, 5) is 28.7. The molecule has 5 nitrogen and oxygen atoms in total. The molecule has 0 spiro atoms. The number of fused-ring (bicyclic) bond motifs is 1. The van der Waals surface area contributed by atoms with Crippen molar-refractivity contribution in [1.29, 1.82) is 0 Å². The van der Waals surface area contributed by atoms with Crippen LogP contribution in [0.25, 0.3) is 0 Å². The quantitative estimate of drug-likeness (QED) is 0.838. The van der Waals surface area contributed by atoms with E-state index in [0.29, 0.717) is 17.2 Å². The molecule has 1 heterocycles. The van der Waals surface area contributed by atoms with Crippen molar-refractivity contribution in [1.82, 2.24) is 4.90 Å². The number of rotatable bonds is 4. The maximum Gasteiger partial charge on any atom is 0.258 e. The average Bonchev–Trinajstić information content (AvgIpc) is 3.14. The third-order valence-corrected chi connectivity index (χ3v) is 6.37. The van der Waals surface area contributed by atoms with Gasteiger partial charge in [0.25, 0.3) is 5.91 Å². The number of carbonyl (C=O) groups is 2. The second-order valence-corrected chi connectivity index (χ2v) is 8.08. The van der Waals surface area contributed by atoms with E-state index in [9.17, 15) is 9.59 Å². The molecule has 1 saturated heterocycles. The second kappa shape index (κ2) is 8.27. The molecule has 4 rings (SSSR count). The highest BCUT2D eigenvalue weighted by molar-refractivity contribution is 6.03. The highest BCUT2D eigenvalue weighted by atomic mass is 16.5. The lowest BCUT2D eigenvalue weighted by atomic mass is 9.84. The topological polar surface area (TPSA) is 58.6 Å². The molecule has 1 N–H and O–H groups in total. The fourth-order valence-corrected chi connectivity index (χ4v) is 4.88. The molecule has 0 bridgehead atoms. The molecule has 2 amide bonds. The van der Waals surface area contributed by atoms with E-state index in [1.165, 1.54) is 6.42 Å². The predicted octanol–water partition coefficient (Wildman–Crippen LogP) is 4.42. The number of nitrogens with one attached hydrogen (secondary N) is 1. The van der Waals surface area contributed by atoms with Gasteiger partial charge in [-0.2, -0.15) is 0 Å². The van der Waals surface area contributed by atoms with Crippen molar-refractivity contribution >= 4 is 17.5 Å². The maximum absolute atomic E-state index is 13.6. The Bertz CT molecular complexity index is 911. The summed E-state index contributed by atoms with van der Waals surface area (Å²) in [6.07, 6.45) is 5.03. The van der Waals surface area contributed by atoms with E-state index in [2.05, 4.69) is 5.32 Å². The zero-order valence-corrected chi connectivity index (χ0v) is 17.1. The lowest BCUT2D eigenvalue weighted by Crippen LogP contribution is -2.48. The van der Waals surface area contributed by atoms with Gasteiger partial charge in [0, 0.05) is 11.7 Å². The van der Waals surface area contributed by atoms with E-state index in [0.717, 1.165) is 36.9 Å². The molecule has 0 radical (unpaired) electrons. The summed E-state index contributed by atoms with van der Waals surface area (Å²) in [6, 6.07) is 14.7. The van der Waals surface area contributed by atoms with E-state index in [1.807, 2.05) is 48.2 Å². The van der Waals surface area contributed by atoms with E-state index in [4.69, 9.17) is 4.74 Å². The van der Waals surface area contributed by atoms with Crippen LogP contribution in [-0.4, -0.2) is 35.9 Å². The van der Waals surface area contributed by atoms with E-state index < -0.39 is 6.04 Å². The van der Waals surface area contributed by atoms with Gasteiger partial charge in [-0.3, -0.25) is 9.59 Å². The van der Waals surface area contributed by atoms with Crippen molar-refractivity contribution in [2.24, 2.45) is 5.92 Å². The molecule has 2 aromatic rings.